The molecule has 2 amide bonds. The Kier molecular flexibility index (Phi) is 7.83. The van der Waals surface area contributed by atoms with E-state index in [-0.39, 0.29) is 24.5 Å². The number of carbonyl (C=O) groups excluding carboxylic acids is 2. The molecule has 0 aromatic heterocycles. The molecule has 0 aliphatic carbocycles. The molecule has 2 rings (SSSR count). The van der Waals surface area contributed by atoms with Crippen molar-refractivity contribution >= 4 is 23.7 Å². The van der Waals surface area contributed by atoms with Crippen LogP contribution in [0.5, 0.6) is 17.2 Å². The smallest absolute Gasteiger partial charge is 0.240 e. The standard InChI is InChI=1S/C20H23N3O5/c1-3-28-16-9-7-15(8-10-16)22-18(24)11-12-19(25)23-21-13-14-5-4-6-17(27-2)20(14)26/h4-10,13,26H,3,11-12H2,1-2H3,(H,22,24)(H,23,25)/b21-13-. The molecule has 0 aliphatic rings. The fraction of sp³-hybridized carbons (Fsp3) is 0.250. The summed E-state index contributed by atoms with van der Waals surface area (Å²) in [7, 11) is 1.44. The number of amides is 2. The molecular formula is C20H23N3O5. The van der Waals surface area contributed by atoms with Gasteiger partial charge >= 0.3 is 0 Å². The number of rotatable bonds is 9. The Morgan fingerprint density at radius 2 is 1.82 bits per heavy atom. The second-order valence-electron chi connectivity index (χ2n) is 5.70. The van der Waals surface area contributed by atoms with Crippen LogP contribution in [-0.2, 0) is 9.59 Å². The highest BCUT2D eigenvalue weighted by atomic mass is 16.5. The summed E-state index contributed by atoms with van der Waals surface area (Å²) >= 11 is 0. The molecule has 0 bridgehead atoms. The van der Waals surface area contributed by atoms with Crippen molar-refractivity contribution in [1.29, 1.82) is 0 Å². The fourth-order valence-corrected chi connectivity index (χ4v) is 2.29. The van der Waals surface area contributed by atoms with E-state index in [1.165, 1.54) is 13.3 Å². The summed E-state index contributed by atoms with van der Waals surface area (Å²) < 4.78 is 10.3. The molecule has 0 spiro atoms. The van der Waals surface area contributed by atoms with E-state index >= 15 is 0 Å². The third-order valence-corrected chi connectivity index (χ3v) is 3.67. The Morgan fingerprint density at radius 3 is 2.50 bits per heavy atom. The highest BCUT2D eigenvalue weighted by Gasteiger charge is 2.08. The second-order valence-corrected chi connectivity index (χ2v) is 5.70. The summed E-state index contributed by atoms with van der Waals surface area (Å²) in [6.45, 7) is 2.46. The summed E-state index contributed by atoms with van der Waals surface area (Å²) in [6.07, 6.45) is 1.29. The van der Waals surface area contributed by atoms with E-state index in [9.17, 15) is 14.7 Å². The molecule has 8 heteroatoms. The molecule has 8 nitrogen and oxygen atoms in total. The minimum absolute atomic E-state index is 0.0129. The molecule has 0 fully saturated rings. The largest absolute Gasteiger partial charge is 0.504 e. The predicted molar refractivity (Wildman–Crippen MR) is 106 cm³/mol. The number of hydrazone groups is 1. The molecule has 28 heavy (non-hydrogen) atoms. The normalized spacial score (nSPS) is 10.5. The lowest BCUT2D eigenvalue weighted by Gasteiger charge is -2.07. The van der Waals surface area contributed by atoms with E-state index in [0.29, 0.717) is 23.6 Å². The topological polar surface area (TPSA) is 109 Å². The van der Waals surface area contributed by atoms with Crippen molar-refractivity contribution in [2.45, 2.75) is 19.8 Å². The first-order valence-corrected chi connectivity index (χ1v) is 8.74. The Balaban J connectivity index is 1.76. The van der Waals surface area contributed by atoms with Crippen molar-refractivity contribution in [1.82, 2.24) is 5.43 Å². The molecule has 0 unspecified atom stereocenters. The van der Waals surface area contributed by atoms with E-state index < -0.39 is 5.91 Å². The average molecular weight is 385 g/mol. The van der Waals surface area contributed by atoms with Gasteiger partial charge in [0, 0.05) is 24.1 Å². The lowest BCUT2D eigenvalue weighted by molar-refractivity contribution is -0.124. The third-order valence-electron chi connectivity index (χ3n) is 3.67. The number of aromatic hydroxyl groups is 1. The molecule has 3 N–H and O–H groups in total. The van der Waals surface area contributed by atoms with Crippen LogP contribution in [0.25, 0.3) is 0 Å². The van der Waals surface area contributed by atoms with Gasteiger partial charge in [0.2, 0.25) is 11.8 Å². The highest BCUT2D eigenvalue weighted by molar-refractivity contribution is 5.93. The lowest BCUT2D eigenvalue weighted by atomic mass is 10.2. The maximum Gasteiger partial charge on any atom is 0.240 e. The van der Waals surface area contributed by atoms with Gasteiger partial charge < -0.3 is 19.9 Å². The van der Waals surface area contributed by atoms with Crippen molar-refractivity contribution in [2.24, 2.45) is 5.10 Å². The quantitative estimate of drug-likeness (QED) is 0.454. The van der Waals surface area contributed by atoms with E-state index in [4.69, 9.17) is 9.47 Å². The van der Waals surface area contributed by atoms with Gasteiger partial charge in [0.15, 0.2) is 11.5 Å². The Labute approximate surface area is 163 Å². The molecular weight excluding hydrogens is 362 g/mol. The van der Waals surface area contributed by atoms with Crippen LogP contribution in [0.4, 0.5) is 5.69 Å². The van der Waals surface area contributed by atoms with Crippen molar-refractivity contribution in [3.63, 3.8) is 0 Å². The summed E-state index contributed by atoms with van der Waals surface area (Å²) in [5, 5.41) is 16.4. The van der Waals surface area contributed by atoms with Crippen molar-refractivity contribution in [3.8, 4) is 17.2 Å². The van der Waals surface area contributed by atoms with Gasteiger partial charge in [0.1, 0.15) is 5.75 Å². The lowest BCUT2D eigenvalue weighted by Crippen LogP contribution is -2.20. The Hall–Kier alpha value is -3.55. The molecule has 0 heterocycles. The SMILES string of the molecule is CCOc1ccc(NC(=O)CCC(=O)N/N=C\c2cccc(OC)c2O)cc1. The maximum absolute atomic E-state index is 11.9. The van der Waals surface area contributed by atoms with Gasteiger partial charge in [0.05, 0.1) is 19.9 Å². The van der Waals surface area contributed by atoms with E-state index in [0.717, 1.165) is 5.75 Å². The van der Waals surface area contributed by atoms with E-state index in [1.807, 2.05) is 6.92 Å². The van der Waals surface area contributed by atoms with E-state index in [2.05, 4.69) is 15.8 Å². The molecule has 148 valence electrons. The van der Waals surface area contributed by atoms with Crippen LogP contribution in [0.15, 0.2) is 47.6 Å². The van der Waals surface area contributed by atoms with Gasteiger partial charge in [-0.2, -0.15) is 5.10 Å². The molecule has 0 saturated heterocycles. The number of ether oxygens (including phenoxy) is 2. The number of phenols is 1. The number of para-hydroxylation sites is 1. The summed E-state index contributed by atoms with van der Waals surface area (Å²) in [4.78, 5) is 23.7. The minimum atomic E-state index is -0.416. The van der Waals surface area contributed by atoms with E-state index in [1.54, 1.807) is 42.5 Å². The van der Waals surface area contributed by atoms with Gasteiger partial charge in [-0.05, 0) is 43.3 Å². The summed E-state index contributed by atoms with van der Waals surface area (Å²) in [5.74, 6) is 0.257. The van der Waals surface area contributed by atoms with Gasteiger partial charge in [-0.3, -0.25) is 9.59 Å². The molecule has 2 aromatic rings. The Bertz CT molecular complexity index is 834. The van der Waals surface area contributed by atoms with Crippen molar-refractivity contribution in [3.05, 3.63) is 48.0 Å². The number of benzene rings is 2. The van der Waals surface area contributed by atoms with Crippen LogP contribution in [-0.4, -0.2) is 36.9 Å². The van der Waals surface area contributed by atoms with Crippen LogP contribution in [0.3, 0.4) is 0 Å². The molecule has 0 saturated carbocycles. The van der Waals surface area contributed by atoms with Crippen molar-refractivity contribution < 1.29 is 24.2 Å². The number of carbonyl (C=O) groups is 2. The van der Waals surface area contributed by atoms with Crippen molar-refractivity contribution in [2.75, 3.05) is 19.0 Å². The number of hydrogen-bond donors (Lipinski definition) is 3. The zero-order chi connectivity index (χ0) is 20.4. The third kappa shape index (κ3) is 6.31. The molecule has 0 radical (unpaired) electrons. The first-order valence-electron chi connectivity index (χ1n) is 8.74. The first-order chi connectivity index (χ1) is 13.5. The molecule has 2 aromatic carbocycles. The minimum Gasteiger partial charge on any atom is -0.504 e. The highest BCUT2D eigenvalue weighted by Crippen LogP contribution is 2.27. The van der Waals surface area contributed by atoms with Crippen LogP contribution < -0.4 is 20.2 Å². The number of hydrogen-bond acceptors (Lipinski definition) is 6. The number of phenolic OH excluding ortho intramolecular Hbond substituents is 1. The van der Waals surface area contributed by atoms with Gasteiger partial charge in [-0.15, -0.1) is 0 Å². The zero-order valence-electron chi connectivity index (χ0n) is 15.8. The number of nitrogens with one attached hydrogen (secondary N) is 2. The predicted octanol–water partition coefficient (Wildman–Crippen LogP) is 2.67. The number of methoxy groups -OCH3 is 1. The summed E-state index contributed by atoms with van der Waals surface area (Å²) in [6, 6.07) is 11.9. The fourth-order valence-electron chi connectivity index (χ4n) is 2.29. The van der Waals surface area contributed by atoms with Gasteiger partial charge in [0.25, 0.3) is 0 Å². The van der Waals surface area contributed by atoms with Gasteiger partial charge in [-0.25, -0.2) is 5.43 Å². The maximum atomic E-state index is 11.9. The van der Waals surface area contributed by atoms with Crippen LogP contribution in [0.1, 0.15) is 25.3 Å². The second kappa shape index (κ2) is 10.6. The first kappa shape index (κ1) is 20.8. The molecule has 0 aliphatic heterocycles. The van der Waals surface area contributed by atoms with Gasteiger partial charge in [-0.1, -0.05) is 6.07 Å². The van der Waals surface area contributed by atoms with Crippen LogP contribution in [0, 0.1) is 0 Å². The number of anilines is 1. The monoisotopic (exact) mass is 385 g/mol. The van der Waals surface area contributed by atoms with Crippen LogP contribution >= 0.6 is 0 Å². The average Bonchev–Trinajstić information content (AvgIpc) is 2.69. The Morgan fingerprint density at radius 1 is 1.11 bits per heavy atom. The van der Waals surface area contributed by atoms with Crippen LogP contribution in [0.2, 0.25) is 0 Å². The zero-order valence-corrected chi connectivity index (χ0v) is 15.8. The summed E-state index contributed by atoms with van der Waals surface area (Å²) in [5.41, 5.74) is 3.34. The number of nitrogens with zero attached hydrogens (tertiary/aromatic N) is 1. The molecule has 0 atom stereocenters.